The number of benzene rings is 2. The smallest absolute Gasteiger partial charge is 0.337 e. The fourth-order valence-electron chi connectivity index (χ4n) is 4.88. The Morgan fingerprint density at radius 1 is 0.941 bits per heavy atom. The summed E-state index contributed by atoms with van der Waals surface area (Å²) < 4.78 is 28.0. The molecule has 0 aliphatic carbocycles. The van der Waals surface area contributed by atoms with E-state index in [4.69, 9.17) is 0 Å². The summed E-state index contributed by atoms with van der Waals surface area (Å²) >= 11 is 0. The molecule has 2 aliphatic rings. The molecule has 2 aliphatic heterocycles. The highest BCUT2D eigenvalue weighted by Gasteiger charge is 2.27. The highest BCUT2D eigenvalue weighted by Crippen LogP contribution is 2.30. The third-order valence-corrected chi connectivity index (χ3v) is 8.16. The Kier molecular flexibility index (Phi) is 7.23. The number of ketones is 1. The molecule has 182 valence electrons. The Bertz CT molecular complexity index is 1150. The number of anilines is 2. The minimum absolute atomic E-state index is 0.00163. The van der Waals surface area contributed by atoms with Crippen LogP contribution in [0.4, 0.5) is 11.4 Å². The number of carbonyl (C=O) groups excluding carboxylic acids is 1. The molecule has 2 heterocycles. The summed E-state index contributed by atoms with van der Waals surface area (Å²) in [5.41, 5.74) is 1.28. The number of hydrogen-bond donors (Lipinski definition) is 2. The SMILES string of the molecule is CC(=O)c1ccc(S(=O)(=O)Nc2ccc(N3CCC(N4CCCCC4)CC3)c(C(=O)O)c2)cc1. The first-order valence-corrected chi connectivity index (χ1v) is 13.2. The number of carbonyl (C=O) groups is 2. The monoisotopic (exact) mass is 485 g/mol. The number of nitrogens with one attached hydrogen (secondary N) is 1. The Labute approximate surface area is 200 Å². The Morgan fingerprint density at radius 2 is 1.59 bits per heavy atom. The second-order valence-electron chi connectivity index (χ2n) is 9.04. The highest BCUT2D eigenvalue weighted by atomic mass is 32.2. The van der Waals surface area contributed by atoms with E-state index in [2.05, 4.69) is 14.5 Å². The molecule has 0 unspecified atom stereocenters. The number of rotatable bonds is 7. The van der Waals surface area contributed by atoms with Gasteiger partial charge in [-0.15, -0.1) is 0 Å². The molecule has 0 saturated carbocycles. The average Bonchev–Trinajstić information content (AvgIpc) is 2.84. The van der Waals surface area contributed by atoms with Gasteiger partial charge in [-0.05, 0) is 76.0 Å². The van der Waals surface area contributed by atoms with E-state index in [0.29, 0.717) is 17.3 Å². The minimum atomic E-state index is -3.93. The quantitative estimate of drug-likeness (QED) is 0.574. The zero-order chi connectivity index (χ0) is 24.3. The number of aromatic carboxylic acids is 1. The van der Waals surface area contributed by atoms with Crippen molar-refractivity contribution in [1.29, 1.82) is 0 Å². The lowest BCUT2D eigenvalue weighted by Crippen LogP contribution is -2.47. The van der Waals surface area contributed by atoms with Crippen LogP contribution in [0.3, 0.4) is 0 Å². The van der Waals surface area contributed by atoms with Crippen molar-refractivity contribution in [1.82, 2.24) is 4.90 Å². The van der Waals surface area contributed by atoms with Gasteiger partial charge in [0.05, 0.1) is 16.1 Å². The topological polar surface area (TPSA) is 107 Å². The summed E-state index contributed by atoms with van der Waals surface area (Å²) in [6.45, 7) is 5.26. The maximum Gasteiger partial charge on any atom is 0.337 e. The lowest BCUT2D eigenvalue weighted by atomic mass is 9.98. The van der Waals surface area contributed by atoms with Gasteiger partial charge in [-0.2, -0.15) is 0 Å². The zero-order valence-corrected chi connectivity index (χ0v) is 20.2. The number of carboxylic acids is 1. The van der Waals surface area contributed by atoms with Gasteiger partial charge in [-0.25, -0.2) is 13.2 Å². The fraction of sp³-hybridized carbons (Fsp3) is 0.440. The Balaban J connectivity index is 1.48. The van der Waals surface area contributed by atoms with Crippen LogP contribution >= 0.6 is 0 Å². The van der Waals surface area contributed by atoms with Gasteiger partial charge in [0.1, 0.15) is 0 Å². The number of sulfonamides is 1. The number of likely N-dealkylation sites (tertiary alicyclic amines) is 1. The number of hydrogen-bond acceptors (Lipinski definition) is 6. The molecule has 0 atom stereocenters. The lowest BCUT2D eigenvalue weighted by Gasteiger charge is -2.41. The van der Waals surface area contributed by atoms with E-state index in [-0.39, 0.29) is 21.9 Å². The van der Waals surface area contributed by atoms with Gasteiger partial charge < -0.3 is 14.9 Å². The molecule has 0 spiro atoms. The first-order chi connectivity index (χ1) is 16.2. The molecule has 4 rings (SSSR count). The summed E-state index contributed by atoms with van der Waals surface area (Å²) in [6.07, 6.45) is 5.79. The standard InChI is InChI=1S/C25H31N3O5S/c1-18(29)19-5-8-22(9-6-19)34(32,33)26-20-7-10-24(23(17-20)25(30)31)28-15-11-21(12-16-28)27-13-3-2-4-14-27/h5-10,17,21,26H,2-4,11-16H2,1H3,(H,30,31). The van der Waals surface area contributed by atoms with Crippen LogP contribution < -0.4 is 9.62 Å². The predicted octanol–water partition coefficient (Wildman–Crippen LogP) is 3.84. The summed E-state index contributed by atoms with van der Waals surface area (Å²) in [7, 11) is -3.93. The Hall–Kier alpha value is -2.91. The van der Waals surface area contributed by atoms with E-state index in [9.17, 15) is 23.1 Å². The van der Waals surface area contributed by atoms with Crippen molar-refractivity contribution in [2.24, 2.45) is 0 Å². The van der Waals surface area contributed by atoms with Crippen molar-refractivity contribution in [3.05, 3.63) is 53.6 Å². The van der Waals surface area contributed by atoms with E-state index in [0.717, 1.165) is 39.0 Å². The van der Waals surface area contributed by atoms with Gasteiger partial charge >= 0.3 is 5.97 Å². The first-order valence-electron chi connectivity index (χ1n) is 11.7. The van der Waals surface area contributed by atoms with Crippen molar-refractivity contribution in [3.8, 4) is 0 Å². The summed E-state index contributed by atoms with van der Waals surface area (Å²) in [5.74, 6) is -1.25. The van der Waals surface area contributed by atoms with Crippen LogP contribution in [0.2, 0.25) is 0 Å². The van der Waals surface area contributed by atoms with Crippen LogP contribution in [0.5, 0.6) is 0 Å². The first kappa shape index (κ1) is 24.2. The number of nitrogens with zero attached hydrogens (tertiary/aromatic N) is 2. The average molecular weight is 486 g/mol. The summed E-state index contributed by atoms with van der Waals surface area (Å²) in [4.78, 5) is 28.1. The second-order valence-corrected chi connectivity index (χ2v) is 10.7. The van der Waals surface area contributed by atoms with E-state index in [1.54, 1.807) is 12.1 Å². The van der Waals surface area contributed by atoms with Crippen LogP contribution in [0.1, 0.15) is 59.7 Å². The van der Waals surface area contributed by atoms with Gasteiger partial charge in [0.2, 0.25) is 0 Å². The molecule has 0 aromatic heterocycles. The maximum atomic E-state index is 12.8. The van der Waals surface area contributed by atoms with Gasteiger partial charge in [-0.3, -0.25) is 9.52 Å². The molecule has 0 bridgehead atoms. The predicted molar refractivity (Wildman–Crippen MR) is 131 cm³/mol. The zero-order valence-electron chi connectivity index (χ0n) is 19.4. The van der Waals surface area contributed by atoms with E-state index < -0.39 is 16.0 Å². The lowest BCUT2D eigenvalue weighted by molar-refractivity contribution is 0.0697. The normalized spacial score (nSPS) is 18.0. The van der Waals surface area contributed by atoms with Crippen LogP contribution in [-0.4, -0.2) is 62.4 Å². The van der Waals surface area contributed by atoms with Crippen molar-refractivity contribution >= 4 is 33.2 Å². The molecule has 2 aromatic rings. The molecule has 2 saturated heterocycles. The fourth-order valence-corrected chi connectivity index (χ4v) is 5.93. The Morgan fingerprint density at radius 3 is 2.18 bits per heavy atom. The van der Waals surface area contributed by atoms with Crippen LogP contribution in [0.15, 0.2) is 47.4 Å². The third kappa shape index (κ3) is 5.42. The molecule has 2 N–H and O–H groups in total. The number of Topliss-reactive ketones (excluding diaryl/α,β-unsaturated/α-hetero) is 1. The maximum absolute atomic E-state index is 12.8. The van der Waals surface area contributed by atoms with Crippen LogP contribution in [-0.2, 0) is 10.0 Å². The summed E-state index contributed by atoms with van der Waals surface area (Å²) in [6, 6.07) is 10.8. The van der Waals surface area contributed by atoms with Crippen LogP contribution in [0, 0.1) is 0 Å². The van der Waals surface area contributed by atoms with E-state index in [1.165, 1.54) is 56.5 Å². The third-order valence-electron chi connectivity index (χ3n) is 6.76. The molecular weight excluding hydrogens is 454 g/mol. The highest BCUT2D eigenvalue weighted by molar-refractivity contribution is 7.92. The van der Waals surface area contributed by atoms with Gasteiger partial charge in [0.15, 0.2) is 5.78 Å². The minimum Gasteiger partial charge on any atom is -0.478 e. The van der Waals surface area contributed by atoms with Crippen molar-refractivity contribution in [2.45, 2.75) is 50.0 Å². The van der Waals surface area contributed by atoms with Crippen molar-refractivity contribution < 1.29 is 23.1 Å². The summed E-state index contributed by atoms with van der Waals surface area (Å²) in [5, 5.41) is 9.83. The number of carboxylic acid groups (broad SMARTS) is 1. The van der Waals surface area contributed by atoms with Crippen molar-refractivity contribution in [3.63, 3.8) is 0 Å². The molecule has 34 heavy (non-hydrogen) atoms. The molecule has 9 heteroatoms. The van der Waals surface area contributed by atoms with Gasteiger partial charge in [0, 0.05) is 30.4 Å². The molecule has 2 fully saturated rings. The van der Waals surface area contributed by atoms with E-state index in [1.807, 2.05) is 0 Å². The molecular formula is C25H31N3O5S. The molecule has 8 nitrogen and oxygen atoms in total. The molecule has 0 radical (unpaired) electrons. The van der Waals surface area contributed by atoms with Gasteiger partial charge in [0.25, 0.3) is 10.0 Å². The largest absolute Gasteiger partial charge is 0.478 e. The van der Waals surface area contributed by atoms with Gasteiger partial charge in [-0.1, -0.05) is 18.6 Å². The van der Waals surface area contributed by atoms with Crippen LogP contribution in [0.25, 0.3) is 0 Å². The second kappa shape index (κ2) is 10.1. The van der Waals surface area contributed by atoms with E-state index >= 15 is 0 Å². The van der Waals surface area contributed by atoms with Crippen molar-refractivity contribution in [2.75, 3.05) is 35.8 Å². The molecule has 2 aromatic carbocycles. The number of piperidine rings is 2. The molecule has 0 amide bonds.